The second-order valence-corrected chi connectivity index (χ2v) is 12.3. The SMILES string of the molecule is C=CCOc1ccc(OC(=O)C2CCC(C3CCC4CC(CCCCCCC)CCC4C3)CC2)c(F)c1F. The topological polar surface area (TPSA) is 35.5 Å². The average Bonchev–Trinajstić information content (AvgIpc) is 2.94. The second-order valence-electron chi connectivity index (χ2n) is 12.3. The number of rotatable bonds is 12. The molecule has 3 aliphatic rings. The van der Waals surface area contributed by atoms with Crippen LogP contribution in [0.5, 0.6) is 11.5 Å². The normalized spacial score (nSPS) is 29.3. The summed E-state index contributed by atoms with van der Waals surface area (Å²) >= 11 is 0. The predicted molar refractivity (Wildman–Crippen MR) is 148 cm³/mol. The Hall–Kier alpha value is -1.91. The quantitative estimate of drug-likeness (QED) is 0.117. The Labute approximate surface area is 228 Å². The molecule has 3 aliphatic carbocycles. The second kappa shape index (κ2) is 14.5. The predicted octanol–water partition coefficient (Wildman–Crippen LogP) is 9.43. The van der Waals surface area contributed by atoms with Crippen molar-refractivity contribution in [3.8, 4) is 11.5 Å². The van der Waals surface area contributed by atoms with E-state index in [4.69, 9.17) is 9.47 Å². The smallest absolute Gasteiger partial charge is 0.314 e. The summed E-state index contributed by atoms with van der Waals surface area (Å²) in [6, 6.07) is 2.55. The van der Waals surface area contributed by atoms with Crippen molar-refractivity contribution in [3.05, 3.63) is 36.4 Å². The van der Waals surface area contributed by atoms with E-state index in [2.05, 4.69) is 13.5 Å². The molecule has 0 aliphatic heterocycles. The number of hydrogen-bond acceptors (Lipinski definition) is 3. The zero-order valence-electron chi connectivity index (χ0n) is 23.4. The van der Waals surface area contributed by atoms with Crippen LogP contribution in [0.2, 0.25) is 0 Å². The highest BCUT2D eigenvalue weighted by Gasteiger charge is 2.39. The van der Waals surface area contributed by atoms with E-state index >= 15 is 0 Å². The molecule has 212 valence electrons. The monoisotopic (exact) mass is 530 g/mol. The van der Waals surface area contributed by atoms with Crippen molar-refractivity contribution in [2.75, 3.05) is 6.61 Å². The van der Waals surface area contributed by atoms with Crippen molar-refractivity contribution >= 4 is 5.97 Å². The molecule has 0 amide bonds. The van der Waals surface area contributed by atoms with Crippen molar-refractivity contribution < 1.29 is 23.0 Å². The van der Waals surface area contributed by atoms with E-state index in [1.807, 2.05) is 0 Å². The molecule has 0 saturated heterocycles. The number of fused-ring (bicyclic) bond motifs is 1. The number of ether oxygens (including phenoxy) is 2. The van der Waals surface area contributed by atoms with Crippen LogP contribution in [0.1, 0.15) is 110 Å². The maximum Gasteiger partial charge on any atom is 0.314 e. The summed E-state index contributed by atoms with van der Waals surface area (Å²) in [6.07, 6.45) is 21.9. The van der Waals surface area contributed by atoms with Crippen molar-refractivity contribution in [2.45, 2.75) is 110 Å². The molecule has 1 aromatic rings. The van der Waals surface area contributed by atoms with E-state index in [1.54, 1.807) is 0 Å². The minimum Gasteiger partial charge on any atom is -0.486 e. The van der Waals surface area contributed by atoms with E-state index in [-0.39, 0.29) is 24.0 Å². The van der Waals surface area contributed by atoms with E-state index < -0.39 is 17.6 Å². The van der Waals surface area contributed by atoms with Gasteiger partial charge in [0.15, 0.2) is 11.5 Å². The highest BCUT2D eigenvalue weighted by atomic mass is 19.2. The summed E-state index contributed by atoms with van der Waals surface area (Å²) in [4.78, 5) is 12.8. The Morgan fingerprint density at radius 1 is 0.842 bits per heavy atom. The summed E-state index contributed by atoms with van der Waals surface area (Å²) in [5.74, 6) is 0.691. The molecule has 38 heavy (non-hydrogen) atoms. The summed E-state index contributed by atoms with van der Waals surface area (Å²) in [7, 11) is 0. The molecular weight excluding hydrogens is 482 g/mol. The molecule has 4 unspecified atom stereocenters. The van der Waals surface area contributed by atoms with Gasteiger partial charge in [0, 0.05) is 0 Å². The highest BCUT2D eigenvalue weighted by molar-refractivity contribution is 5.75. The van der Waals surface area contributed by atoms with Gasteiger partial charge in [-0.1, -0.05) is 64.5 Å². The molecule has 0 heterocycles. The number of benzene rings is 1. The Bertz CT molecular complexity index is 908. The van der Waals surface area contributed by atoms with Gasteiger partial charge in [-0.15, -0.1) is 0 Å². The van der Waals surface area contributed by atoms with Crippen LogP contribution in [0.25, 0.3) is 0 Å². The van der Waals surface area contributed by atoms with Gasteiger partial charge in [-0.05, 0) is 99.5 Å². The lowest BCUT2D eigenvalue weighted by Gasteiger charge is -2.45. The van der Waals surface area contributed by atoms with Crippen LogP contribution in [-0.4, -0.2) is 12.6 Å². The average molecular weight is 531 g/mol. The number of halogens is 2. The molecule has 4 rings (SSSR count). The molecular formula is C33H48F2O3. The maximum absolute atomic E-state index is 14.4. The molecule has 0 bridgehead atoms. The molecule has 3 fully saturated rings. The van der Waals surface area contributed by atoms with Gasteiger partial charge in [0.05, 0.1) is 5.92 Å². The fourth-order valence-corrected chi connectivity index (χ4v) is 7.62. The Morgan fingerprint density at radius 3 is 2.18 bits per heavy atom. The number of carbonyl (C=O) groups excluding carboxylic acids is 1. The third kappa shape index (κ3) is 7.60. The highest BCUT2D eigenvalue weighted by Crippen LogP contribution is 2.49. The van der Waals surface area contributed by atoms with Crippen molar-refractivity contribution in [1.29, 1.82) is 0 Å². The van der Waals surface area contributed by atoms with E-state index in [0.717, 1.165) is 49.4 Å². The van der Waals surface area contributed by atoms with E-state index in [9.17, 15) is 13.6 Å². The van der Waals surface area contributed by atoms with Crippen molar-refractivity contribution in [2.24, 2.45) is 35.5 Å². The first-order chi connectivity index (χ1) is 18.5. The Kier molecular flexibility index (Phi) is 11.1. The van der Waals surface area contributed by atoms with Crippen LogP contribution in [0.4, 0.5) is 8.78 Å². The lowest BCUT2D eigenvalue weighted by Crippen LogP contribution is -2.35. The molecule has 5 heteroatoms. The standard InChI is InChI=1S/C33H48F2O3/c1-3-5-6-7-8-9-23-10-11-28-22-27(17-16-26(28)21-23)24-12-14-25(15-13-24)33(36)38-30-19-18-29(37-20-4-2)31(34)32(30)35/h4,18-19,23-28H,2-3,5-17,20-22H2,1H3. The first-order valence-electron chi connectivity index (χ1n) is 15.4. The number of carbonyl (C=O) groups is 1. The zero-order valence-corrected chi connectivity index (χ0v) is 23.4. The number of unbranched alkanes of at least 4 members (excludes halogenated alkanes) is 4. The van der Waals surface area contributed by atoms with Crippen molar-refractivity contribution in [3.63, 3.8) is 0 Å². The van der Waals surface area contributed by atoms with Gasteiger partial charge in [0.25, 0.3) is 0 Å². The Balaban J connectivity index is 1.19. The van der Waals surface area contributed by atoms with Gasteiger partial charge in [0.2, 0.25) is 11.6 Å². The van der Waals surface area contributed by atoms with Gasteiger partial charge in [-0.3, -0.25) is 4.79 Å². The third-order valence-electron chi connectivity index (χ3n) is 9.83. The summed E-state index contributed by atoms with van der Waals surface area (Å²) < 4.78 is 39.1. The minimum atomic E-state index is -1.18. The number of esters is 1. The fourth-order valence-electron chi connectivity index (χ4n) is 7.62. The molecule has 0 spiro atoms. The summed E-state index contributed by atoms with van der Waals surface area (Å²) in [5, 5.41) is 0. The molecule has 0 radical (unpaired) electrons. The fraction of sp³-hybridized carbons (Fsp3) is 0.727. The van der Waals surface area contributed by atoms with Crippen molar-refractivity contribution in [1.82, 2.24) is 0 Å². The molecule has 3 saturated carbocycles. The Morgan fingerprint density at radius 2 is 1.45 bits per heavy atom. The largest absolute Gasteiger partial charge is 0.486 e. The third-order valence-corrected chi connectivity index (χ3v) is 9.83. The molecule has 0 N–H and O–H groups in total. The van der Waals surface area contributed by atoms with Gasteiger partial charge in [-0.25, -0.2) is 0 Å². The van der Waals surface area contributed by atoms with Crippen LogP contribution in [-0.2, 0) is 4.79 Å². The zero-order chi connectivity index (χ0) is 26.9. The lowest BCUT2D eigenvalue weighted by atomic mass is 9.60. The van der Waals surface area contributed by atoms with Gasteiger partial charge in [-0.2, -0.15) is 8.78 Å². The first kappa shape index (κ1) is 29.1. The van der Waals surface area contributed by atoms with Crippen LogP contribution in [0.15, 0.2) is 24.8 Å². The molecule has 3 nitrogen and oxygen atoms in total. The molecule has 0 aromatic heterocycles. The minimum absolute atomic E-state index is 0.0703. The molecule has 4 atom stereocenters. The van der Waals surface area contributed by atoms with E-state index in [0.29, 0.717) is 5.92 Å². The van der Waals surface area contributed by atoms with Gasteiger partial charge < -0.3 is 9.47 Å². The molecule has 1 aromatic carbocycles. The maximum atomic E-state index is 14.4. The van der Waals surface area contributed by atoms with Gasteiger partial charge in [0.1, 0.15) is 6.61 Å². The summed E-state index contributed by atoms with van der Waals surface area (Å²) in [6.45, 7) is 5.85. The van der Waals surface area contributed by atoms with Crippen LogP contribution in [0, 0.1) is 47.1 Å². The lowest BCUT2D eigenvalue weighted by molar-refractivity contribution is -0.140. The van der Waals surface area contributed by atoms with Gasteiger partial charge >= 0.3 is 5.97 Å². The first-order valence-corrected chi connectivity index (χ1v) is 15.4. The van der Waals surface area contributed by atoms with E-state index in [1.165, 1.54) is 95.3 Å². The summed E-state index contributed by atoms with van der Waals surface area (Å²) in [5.41, 5.74) is 0. The van der Waals surface area contributed by atoms with Crippen LogP contribution in [0.3, 0.4) is 0 Å². The van der Waals surface area contributed by atoms with Crippen LogP contribution < -0.4 is 9.47 Å². The van der Waals surface area contributed by atoms with Crippen LogP contribution >= 0.6 is 0 Å². The number of hydrogen-bond donors (Lipinski definition) is 0.